The van der Waals surface area contributed by atoms with Gasteiger partial charge in [-0.2, -0.15) is 11.8 Å². The summed E-state index contributed by atoms with van der Waals surface area (Å²) in [5.41, 5.74) is 2.68. The van der Waals surface area contributed by atoms with Crippen LogP contribution in [0.25, 0.3) is 0 Å². The molecule has 0 fully saturated rings. The van der Waals surface area contributed by atoms with Crippen LogP contribution in [0.1, 0.15) is 45.4 Å². The van der Waals surface area contributed by atoms with E-state index in [0.29, 0.717) is 17.9 Å². The number of aromatic nitrogens is 2. The molecule has 3 N–H and O–H groups in total. The number of aryl methyl sites for hydroxylation is 2. The first-order chi connectivity index (χ1) is 15.1. The first-order valence-corrected chi connectivity index (χ1v) is 12.0. The maximum absolute atomic E-state index is 13.1. The van der Waals surface area contributed by atoms with Crippen molar-refractivity contribution >= 4 is 41.0 Å². The molecule has 8 nitrogen and oxygen atoms in total. The smallest absolute Gasteiger partial charge is 0.408 e. The van der Waals surface area contributed by atoms with Crippen LogP contribution in [-0.4, -0.2) is 45.6 Å². The van der Waals surface area contributed by atoms with Gasteiger partial charge in [-0.25, -0.2) is 14.8 Å². The number of carbonyl (C=O) groups excluding carboxylic acids is 2. The van der Waals surface area contributed by atoms with Gasteiger partial charge in [0.05, 0.1) is 0 Å². The van der Waals surface area contributed by atoms with E-state index in [-0.39, 0.29) is 5.91 Å². The van der Waals surface area contributed by atoms with E-state index in [9.17, 15) is 9.59 Å². The summed E-state index contributed by atoms with van der Waals surface area (Å²) < 4.78 is 5.33. The molecule has 2 aromatic rings. The second kappa shape index (κ2) is 11.7. The zero-order chi connectivity index (χ0) is 23.7. The summed E-state index contributed by atoms with van der Waals surface area (Å²) in [5, 5.41) is 8.93. The van der Waals surface area contributed by atoms with Crippen LogP contribution < -0.4 is 16.0 Å². The van der Waals surface area contributed by atoms with E-state index in [1.54, 1.807) is 32.5 Å². The number of hydrogen-bond donors (Lipinski definition) is 3. The van der Waals surface area contributed by atoms with Gasteiger partial charge >= 0.3 is 6.09 Å². The first-order valence-electron chi connectivity index (χ1n) is 10.6. The van der Waals surface area contributed by atoms with E-state index in [0.717, 1.165) is 29.1 Å². The Morgan fingerprint density at radius 3 is 2.56 bits per heavy atom. The number of hydrogen-bond acceptors (Lipinski definition) is 7. The highest BCUT2D eigenvalue weighted by molar-refractivity contribution is 7.98. The van der Waals surface area contributed by atoms with Crippen molar-refractivity contribution in [2.45, 2.75) is 59.1 Å². The molecule has 0 radical (unpaired) electrons. The minimum absolute atomic E-state index is 0.283. The number of nitrogens with zero attached hydrogens (tertiary/aromatic N) is 2. The minimum Gasteiger partial charge on any atom is -0.444 e. The molecule has 1 aromatic carbocycles. The molecule has 0 saturated heterocycles. The predicted octanol–water partition coefficient (Wildman–Crippen LogP) is 4.68. The third-order valence-corrected chi connectivity index (χ3v) is 5.09. The van der Waals surface area contributed by atoms with Crippen molar-refractivity contribution in [3.05, 3.63) is 41.9 Å². The number of rotatable bonds is 9. The molecule has 0 aliphatic carbocycles. The molecule has 32 heavy (non-hydrogen) atoms. The van der Waals surface area contributed by atoms with Gasteiger partial charge in [-0.15, -0.1) is 0 Å². The SMILES string of the molecule is CCc1ccc(Nc2cc(C)ncn2)cc1NC(=O)C(CCSC)NC(=O)OC(C)(C)C. The highest BCUT2D eigenvalue weighted by atomic mass is 32.2. The molecule has 0 aliphatic heterocycles. The topological polar surface area (TPSA) is 105 Å². The third kappa shape index (κ3) is 8.37. The van der Waals surface area contributed by atoms with Crippen LogP contribution in [0.2, 0.25) is 0 Å². The Balaban J connectivity index is 2.18. The molecular weight excluding hydrogens is 426 g/mol. The number of thioether (sulfide) groups is 1. The Labute approximate surface area is 194 Å². The van der Waals surface area contributed by atoms with Gasteiger partial charge in [0.2, 0.25) is 5.91 Å². The van der Waals surface area contributed by atoms with Crippen LogP contribution in [0.5, 0.6) is 0 Å². The summed E-state index contributed by atoms with van der Waals surface area (Å²) in [6.07, 6.45) is 4.09. The van der Waals surface area contributed by atoms with Gasteiger partial charge in [0.25, 0.3) is 0 Å². The Kier molecular flexibility index (Phi) is 9.31. The number of nitrogens with one attached hydrogen (secondary N) is 3. The van der Waals surface area contributed by atoms with Crippen molar-refractivity contribution in [1.82, 2.24) is 15.3 Å². The fourth-order valence-electron chi connectivity index (χ4n) is 2.92. The standard InChI is InChI=1S/C23H33N5O3S/c1-7-16-8-9-17(26-20-12-15(2)24-14-25-20)13-19(16)27-21(29)18(10-11-32-6)28-22(30)31-23(3,4)5/h8-9,12-14,18H,7,10-11H2,1-6H3,(H,27,29)(H,28,30)(H,24,25,26). The molecule has 1 aromatic heterocycles. The van der Waals surface area contributed by atoms with Gasteiger partial charge in [-0.1, -0.05) is 13.0 Å². The number of carbonyl (C=O) groups is 2. The van der Waals surface area contributed by atoms with Crippen molar-refractivity contribution < 1.29 is 14.3 Å². The van der Waals surface area contributed by atoms with Crippen LogP contribution in [0.4, 0.5) is 22.0 Å². The summed E-state index contributed by atoms with van der Waals surface area (Å²) in [5.74, 6) is 1.11. The molecular formula is C23H33N5O3S. The predicted molar refractivity (Wildman–Crippen MR) is 131 cm³/mol. The van der Waals surface area contributed by atoms with E-state index < -0.39 is 17.7 Å². The van der Waals surface area contributed by atoms with Gasteiger partial charge in [-0.3, -0.25) is 4.79 Å². The number of anilines is 3. The zero-order valence-electron chi connectivity index (χ0n) is 19.6. The quantitative estimate of drug-likeness (QED) is 0.500. The van der Waals surface area contributed by atoms with Crippen LogP contribution in [0, 0.1) is 6.92 Å². The van der Waals surface area contributed by atoms with Gasteiger partial charge in [0.15, 0.2) is 0 Å². The van der Waals surface area contributed by atoms with Crippen LogP contribution in [0.3, 0.4) is 0 Å². The average Bonchev–Trinajstić information content (AvgIpc) is 2.70. The molecule has 2 rings (SSSR count). The lowest BCUT2D eigenvalue weighted by molar-refractivity contribution is -0.118. The van der Waals surface area contributed by atoms with Crippen LogP contribution in [0.15, 0.2) is 30.6 Å². The number of alkyl carbamates (subject to hydrolysis) is 1. The van der Waals surface area contributed by atoms with Crippen molar-refractivity contribution in [1.29, 1.82) is 0 Å². The number of ether oxygens (including phenoxy) is 1. The number of benzene rings is 1. The molecule has 1 atom stereocenters. The summed E-state index contributed by atoms with van der Waals surface area (Å²) >= 11 is 1.61. The highest BCUT2D eigenvalue weighted by Crippen LogP contribution is 2.24. The van der Waals surface area contributed by atoms with E-state index in [1.165, 1.54) is 6.33 Å². The zero-order valence-corrected chi connectivity index (χ0v) is 20.4. The second-order valence-electron chi connectivity index (χ2n) is 8.36. The van der Waals surface area contributed by atoms with Gasteiger partial charge in [0, 0.05) is 23.1 Å². The van der Waals surface area contributed by atoms with Gasteiger partial charge in [-0.05, 0) is 70.2 Å². The minimum atomic E-state index is -0.705. The lowest BCUT2D eigenvalue weighted by atomic mass is 10.1. The second-order valence-corrected chi connectivity index (χ2v) is 9.35. The Hall–Kier alpha value is -2.81. The summed E-state index contributed by atoms with van der Waals surface area (Å²) in [7, 11) is 0. The largest absolute Gasteiger partial charge is 0.444 e. The number of amides is 2. The molecule has 1 heterocycles. The molecule has 0 spiro atoms. The first kappa shape index (κ1) is 25.5. The van der Waals surface area contributed by atoms with Crippen molar-refractivity contribution in [2.75, 3.05) is 22.6 Å². The molecule has 0 saturated carbocycles. The fraction of sp³-hybridized carbons (Fsp3) is 0.478. The summed E-state index contributed by atoms with van der Waals surface area (Å²) in [4.78, 5) is 33.6. The summed E-state index contributed by atoms with van der Waals surface area (Å²) in [6, 6.07) is 6.91. The molecule has 174 valence electrons. The summed E-state index contributed by atoms with van der Waals surface area (Å²) in [6.45, 7) is 9.28. The normalized spacial score (nSPS) is 12.1. The molecule has 2 amide bonds. The maximum Gasteiger partial charge on any atom is 0.408 e. The van der Waals surface area contributed by atoms with Crippen LogP contribution >= 0.6 is 11.8 Å². The monoisotopic (exact) mass is 459 g/mol. The average molecular weight is 460 g/mol. The van der Waals surface area contributed by atoms with Crippen LogP contribution in [-0.2, 0) is 16.0 Å². The van der Waals surface area contributed by atoms with Crippen molar-refractivity contribution in [3.63, 3.8) is 0 Å². The lowest BCUT2D eigenvalue weighted by Gasteiger charge is -2.23. The van der Waals surface area contributed by atoms with Gasteiger partial charge < -0.3 is 20.7 Å². The Morgan fingerprint density at radius 1 is 1.19 bits per heavy atom. The third-order valence-electron chi connectivity index (χ3n) is 4.44. The van der Waals surface area contributed by atoms with Gasteiger partial charge in [0.1, 0.15) is 23.8 Å². The Bertz CT molecular complexity index is 930. The molecule has 0 aliphatic rings. The molecule has 0 bridgehead atoms. The van der Waals surface area contributed by atoms with E-state index >= 15 is 0 Å². The lowest BCUT2D eigenvalue weighted by Crippen LogP contribution is -2.46. The highest BCUT2D eigenvalue weighted by Gasteiger charge is 2.24. The maximum atomic E-state index is 13.1. The van der Waals surface area contributed by atoms with E-state index in [4.69, 9.17) is 4.74 Å². The molecule has 9 heteroatoms. The fourth-order valence-corrected chi connectivity index (χ4v) is 3.40. The molecule has 1 unspecified atom stereocenters. The Morgan fingerprint density at radius 2 is 1.94 bits per heavy atom. The van der Waals surface area contributed by atoms with E-state index in [2.05, 4.69) is 25.9 Å². The van der Waals surface area contributed by atoms with Crippen molar-refractivity contribution in [2.24, 2.45) is 0 Å². The van der Waals surface area contributed by atoms with E-state index in [1.807, 2.05) is 44.4 Å². The van der Waals surface area contributed by atoms with Crippen molar-refractivity contribution in [3.8, 4) is 0 Å².